The molecule has 0 spiro atoms. The van der Waals surface area contributed by atoms with Crippen LogP contribution in [0.1, 0.15) is 33.3 Å². The fourth-order valence-electron chi connectivity index (χ4n) is 1.96. The lowest BCUT2D eigenvalue weighted by molar-refractivity contribution is -0.115. The zero-order valence-electron chi connectivity index (χ0n) is 12.5. The lowest BCUT2D eigenvalue weighted by Crippen LogP contribution is -2.53. The van der Waals surface area contributed by atoms with Crippen LogP contribution in [0.25, 0.3) is 0 Å². The molecule has 7 heteroatoms. The number of halogens is 1. The smallest absolute Gasteiger partial charge is 0.423 e. The number of fused-ring (bicyclic) bond motifs is 1. The molecule has 1 amide bonds. The van der Waals surface area contributed by atoms with E-state index < -0.39 is 18.3 Å². The summed E-state index contributed by atoms with van der Waals surface area (Å²) in [6.45, 7) is 6.60. The Morgan fingerprint density at radius 3 is 2.52 bits per heavy atom. The third kappa shape index (κ3) is 3.24. The molecule has 0 radical (unpaired) electrons. The van der Waals surface area contributed by atoms with Crippen LogP contribution in [0, 0.1) is 0 Å². The van der Waals surface area contributed by atoms with Gasteiger partial charge in [-0.2, -0.15) is 0 Å². The van der Waals surface area contributed by atoms with Gasteiger partial charge in [0.25, 0.3) is 0 Å². The van der Waals surface area contributed by atoms with Gasteiger partial charge in [-0.05, 0) is 44.8 Å². The van der Waals surface area contributed by atoms with Gasteiger partial charge < -0.3 is 20.1 Å². The van der Waals surface area contributed by atoms with Gasteiger partial charge in [0.15, 0.2) is 0 Å². The van der Waals surface area contributed by atoms with Crippen LogP contribution >= 0.6 is 11.6 Å². The Bertz CT molecular complexity index is 583. The van der Waals surface area contributed by atoms with Gasteiger partial charge in [-0.1, -0.05) is 17.7 Å². The minimum atomic E-state index is -1.25. The topological polar surface area (TPSA) is 78.8 Å². The molecule has 0 bridgehead atoms. The summed E-state index contributed by atoms with van der Waals surface area (Å²) in [6, 6.07) is 3.24. The zero-order chi connectivity index (χ0) is 16.0. The second kappa shape index (κ2) is 5.28. The minimum absolute atomic E-state index is 0.128. The molecule has 1 aromatic carbocycles. The molecular formula is C14H19BClNO4. The van der Waals surface area contributed by atoms with Gasteiger partial charge >= 0.3 is 7.12 Å². The highest BCUT2D eigenvalue weighted by Gasteiger charge is 2.40. The molecule has 2 rings (SSSR count). The third-order valence-corrected chi connectivity index (χ3v) is 4.27. The van der Waals surface area contributed by atoms with Gasteiger partial charge in [0.05, 0.1) is 28.3 Å². The molecule has 0 aromatic heterocycles. The Morgan fingerprint density at radius 2 is 1.95 bits per heavy atom. The molecule has 0 atom stereocenters. The molecule has 21 heavy (non-hydrogen) atoms. The molecule has 1 aliphatic rings. The number of anilines is 1. The number of amides is 1. The fourth-order valence-corrected chi connectivity index (χ4v) is 2.25. The number of carbonyl (C=O) groups is 1. The summed E-state index contributed by atoms with van der Waals surface area (Å²) in [5.41, 5.74) is -0.337. The molecule has 3 N–H and O–H groups in total. The van der Waals surface area contributed by atoms with E-state index in [0.29, 0.717) is 16.2 Å². The summed E-state index contributed by atoms with van der Waals surface area (Å²) in [5, 5.41) is 23.3. The lowest BCUT2D eigenvalue weighted by Gasteiger charge is -2.38. The summed E-state index contributed by atoms with van der Waals surface area (Å²) >= 11 is 6.11. The van der Waals surface area contributed by atoms with E-state index in [1.165, 1.54) is 0 Å². The summed E-state index contributed by atoms with van der Waals surface area (Å²) in [5.74, 6) is -0.128. The number of aliphatic hydroxyl groups is 1. The highest BCUT2D eigenvalue weighted by Crippen LogP contribution is 2.31. The van der Waals surface area contributed by atoms with E-state index in [4.69, 9.17) is 16.3 Å². The molecule has 5 nitrogen and oxygen atoms in total. The molecule has 1 heterocycles. The molecule has 0 fully saturated rings. The first-order valence-corrected chi connectivity index (χ1v) is 7.09. The maximum Gasteiger partial charge on any atom is 0.491 e. The van der Waals surface area contributed by atoms with Crippen LogP contribution in [-0.4, -0.2) is 34.4 Å². The van der Waals surface area contributed by atoms with Crippen molar-refractivity contribution in [3.63, 3.8) is 0 Å². The highest BCUT2D eigenvalue weighted by molar-refractivity contribution is 6.60. The van der Waals surface area contributed by atoms with Crippen LogP contribution in [0.5, 0.6) is 0 Å². The number of hydrogen-bond acceptors (Lipinski definition) is 4. The molecule has 1 aliphatic heterocycles. The van der Waals surface area contributed by atoms with Gasteiger partial charge in [-0.25, -0.2) is 0 Å². The van der Waals surface area contributed by atoms with Gasteiger partial charge in [-0.15, -0.1) is 0 Å². The van der Waals surface area contributed by atoms with Crippen molar-refractivity contribution >= 4 is 35.8 Å². The first-order chi connectivity index (χ1) is 9.51. The molecular weight excluding hydrogens is 292 g/mol. The van der Waals surface area contributed by atoms with Crippen molar-refractivity contribution in [2.24, 2.45) is 0 Å². The maximum absolute atomic E-state index is 11.4. The summed E-state index contributed by atoms with van der Waals surface area (Å²) in [4.78, 5) is 11.4. The maximum atomic E-state index is 11.4. The molecule has 114 valence electrons. The largest absolute Gasteiger partial charge is 0.491 e. The second-order valence-corrected chi connectivity index (χ2v) is 6.71. The number of carbonyl (C=O) groups excluding carboxylic acids is 1. The Morgan fingerprint density at radius 1 is 1.33 bits per heavy atom. The summed E-state index contributed by atoms with van der Waals surface area (Å²) < 4.78 is 5.57. The van der Waals surface area contributed by atoms with E-state index in [1.807, 2.05) is 0 Å². The molecule has 0 saturated heterocycles. The van der Waals surface area contributed by atoms with Gasteiger partial charge in [-0.3, -0.25) is 4.79 Å². The van der Waals surface area contributed by atoms with E-state index in [-0.39, 0.29) is 12.3 Å². The van der Waals surface area contributed by atoms with E-state index >= 15 is 0 Å². The number of rotatable bonds is 4. The molecule has 0 saturated carbocycles. The molecule has 1 aromatic rings. The summed E-state index contributed by atoms with van der Waals surface area (Å²) in [7, 11) is -1.25. The van der Waals surface area contributed by atoms with Crippen molar-refractivity contribution in [1.82, 2.24) is 0 Å². The zero-order valence-corrected chi connectivity index (χ0v) is 13.3. The SMILES string of the molecule is CC(C)(O)C(C)(C)OB(O)c1cc(Cl)c2c(c1)CC(=O)N2. The number of hydrogen-bond donors (Lipinski definition) is 3. The van der Waals surface area contributed by atoms with Crippen LogP contribution in [0.15, 0.2) is 12.1 Å². The average molecular weight is 312 g/mol. The lowest BCUT2D eigenvalue weighted by atomic mass is 9.76. The van der Waals surface area contributed by atoms with Crippen LogP contribution in [0.4, 0.5) is 5.69 Å². The Kier molecular flexibility index (Phi) is 4.10. The predicted molar refractivity (Wildman–Crippen MR) is 82.9 cm³/mol. The Hall–Kier alpha value is -1.08. The van der Waals surface area contributed by atoms with E-state index in [9.17, 15) is 14.9 Å². The van der Waals surface area contributed by atoms with E-state index in [1.54, 1.807) is 39.8 Å². The Balaban J connectivity index is 2.26. The quantitative estimate of drug-likeness (QED) is 0.727. The predicted octanol–water partition coefficient (Wildman–Crippen LogP) is 1.09. The van der Waals surface area contributed by atoms with Crippen LogP contribution in [-0.2, 0) is 15.9 Å². The number of benzene rings is 1. The summed E-state index contributed by atoms with van der Waals surface area (Å²) in [6.07, 6.45) is 0.227. The fraction of sp³-hybridized carbons (Fsp3) is 0.500. The van der Waals surface area contributed by atoms with Crippen LogP contribution < -0.4 is 10.8 Å². The Labute approximate surface area is 129 Å². The van der Waals surface area contributed by atoms with Gasteiger partial charge in [0.2, 0.25) is 5.91 Å². The monoisotopic (exact) mass is 311 g/mol. The van der Waals surface area contributed by atoms with Crippen molar-refractivity contribution in [3.05, 3.63) is 22.7 Å². The van der Waals surface area contributed by atoms with Crippen molar-refractivity contribution in [1.29, 1.82) is 0 Å². The average Bonchev–Trinajstić information content (AvgIpc) is 2.68. The standard InChI is InChI=1S/C14H19BClNO4/c1-13(2,19)14(3,4)21-15(20)9-5-8-6-11(18)17-12(8)10(16)7-9/h5,7,19-20H,6H2,1-4H3,(H,17,18). The van der Waals surface area contributed by atoms with Crippen LogP contribution in [0.2, 0.25) is 5.02 Å². The van der Waals surface area contributed by atoms with Crippen molar-refractivity contribution in [3.8, 4) is 0 Å². The first-order valence-electron chi connectivity index (χ1n) is 6.72. The number of nitrogens with one attached hydrogen (secondary N) is 1. The third-order valence-electron chi connectivity index (χ3n) is 3.97. The first kappa shape index (κ1) is 16.3. The van der Waals surface area contributed by atoms with E-state index in [2.05, 4.69) is 5.32 Å². The molecule has 0 aliphatic carbocycles. The molecule has 0 unspecified atom stereocenters. The highest BCUT2D eigenvalue weighted by atomic mass is 35.5. The van der Waals surface area contributed by atoms with Crippen molar-refractivity contribution in [2.75, 3.05) is 5.32 Å². The second-order valence-electron chi connectivity index (χ2n) is 6.30. The minimum Gasteiger partial charge on any atom is -0.423 e. The van der Waals surface area contributed by atoms with Crippen molar-refractivity contribution in [2.45, 2.75) is 45.3 Å². The van der Waals surface area contributed by atoms with E-state index in [0.717, 1.165) is 5.56 Å². The normalized spacial score (nSPS) is 14.9. The van der Waals surface area contributed by atoms with Crippen LogP contribution in [0.3, 0.4) is 0 Å². The van der Waals surface area contributed by atoms with Gasteiger partial charge in [0, 0.05) is 0 Å². The van der Waals surface area contributed by atoms with Gasteiger partial charge in [0.1, 0.15) is 0 Å². The van der Waals surface area contributed by atoms with Crippen molar-refractivity contribution < 1.29 is 19.6 Å².